The Labute approximate surface area is 90.3 Å². The predicted molar refractivity (Wildman–Crippen MR) is 55.0 cm³/mol. The molecule has 2 unspecified atom stereocenters. The zero-order chi connectivity index (χ0) is 8.67. The van der Waals surface area contributed by atoms with Crippen molar-refractivity contribution in [1.82, 2.24) is 10.2 Å². The molecule has 0 amide bonds. The van der Waals surface area contributed by atoms with Crippen molar-refractivity contribution >= 4 is 12.4 Å². The molecule has 3 heterocycles. The van der Waals surface area contributed by atoms with Gasteiger partial charge in [-0.1, -0.05) is 0 Å². The van der Waals surface area contributed by atoms with Gasteiger partial charge in [0.05, 0.1) is 25.4 Å². The van der Waals surface area contributed by atoms with Gasteiger partial charge >= 0.3 is 0 Å². The van der Waals surface area contributed by atoms with Crippen LogP contribution in [0.3, 0.4) is 0 Å². The summed E-state index contributed by atoms with van der Waals surface area (Å²) < 4.78 is 11.2. The van der Waals surface area contributed by atoms with Gasteiger partial charge in [0.1, 0.15) is 0 Å². The molecule has 0 aliphatic carbocycles. The molecule has 82 valence electrons. The van der Waals surface area contributed by atoms with E-state index in [4.69, 9.17) is 9.47 Å². The van der Waals surface area contributed by atoms with Gasteiger partial charge in [0.25, 0.3) is 0 Å². The second-order valence-corrected chi connectivity index (χ2v) is 4.18. The van der Waals surface area contributed by atoms with Gasteiger partial charge in [-0.2, -0.15) is 0 Å². The van der Waals surface area contributed by atoms with E-state index in [0.717, 1.165) is 45.4 Å². The molecule has 3 aliphatic rings. The molecule has 0 aromatic heterocycles. The van der Waals surface area contributed by atoms with Gasteiger partial charge in [0.2, 0.25) is 0 Å². The van der Waals surface area contributed by atoms with Crippen molar-refractivity contribution in [2.45, 2.75) is 18.2 Å². The van der Waals surface area contributed by atoms with Gasteiger partial charge in [0, 0.05) is 32.2 Å². The molecule has 1 N–H and O–H groups in total. The van der Waals surface area contributed by atoms with Crippen molar-refractivity contribution in [1.29, 1.82) is 0 Å². The van der Waals surface area contributed by atoms with E-state index in [1.54, 1.807) is 0 Å². The maximum Gasteiger partial charge on any atom is 0.0940 e. The molecule has 3 saturated heterocycles. The van der Waals surface area contributed by atoms with Crippen LogP contribution in [0.2, 0.25) is 0 Å². The zero-order valence-electron chi connectivity index (χ0n) is 8.15. The van der Waals surface area contributed by atoms with Crippen LogP contribution in [-0.2, 0) is 9.47 Å². The minimum atomic E-state index is 0. The van der Waals surface area contributed by atoms with E-state index in [1.807, 2.05) is 0 Å². The summed E-state index contributed by atoms with van der Waals surface area (Å²) >= 11 is 0. The number of morpholine rings is 1. The highest BCUT2D eigenvalue weighted by atomic mass is 35.5. The lowest BCUT2D eigenvalue weighted by Crippen LogP contribution is -2.64. The van der Waals surface area contributed by atoms with Crippen LogP contribution < -0.4 is 5.32 Å². The average Bonchev–Trinajstić information content (AvgIpc) is 2.00. The Bertz CT molecular complexity index is 189. The topological polar surface area (TPSA) is 33.7 Å². The second kappa shape index (κ2) is 4.33. The van der Waals surface area contributed by atoms with Crippen molar-refractivity contribution in [3.8, 4) is 0 Å². The highest BCUT2D eigenvalue weighted by Gasteiger charge is 2.36. The monoisotopic (exact) mass is 220 g/mol. The third-order valence-electron chi connectivity index (χ3n) is 3.14. The third-order valence-corrected chi connectivity index (χ3v) is 3.14. The number of nitrogens with one attached hydrogen (secondary N) is 1. The Morgan fingerprint density at radius 2 is 1.71 bits per heavy atom. The van der Waals surface area contributed by atoms with Crippen LogP contribution in [0.25, 0.3) is 0 Å². The molecule has 4 nitrogen and oxygen atoms in total. The minimum Gasteiger partial charge on any atom is -0.376 e. The Morgan fingerprint density at radius 3 is 2.21 bits per heavy atom. The first kappa shape index (κ1) is 10.6. The molecular weight excluding hydrogens is 204 g/mol. The SMILES string of the molecule is C1OCC2CN(C3CNC3)CC1O2.Cl. The molecule has 3 aliphatic heterocycles. The number of fused-ring (bicyclic) bond motifs is 2. The molecule has 0 radical (unpaired) electrons. The number of halogens is 1. The molecule has 2 bridgehead atoms. The van der Waals surface area contributed by atoms with Crippen LogP contribution in [0.5, 0.6) is 0 Å². The highest BCUT2D eigenvalue weighted by Crippen LogP contribution is 2.19. The number of hydrogen-bond donors (Lipinski definition) is 1. The maximum atomic E-state index is 5.78. The number of hydrogen-bond acceptors (Lipinski definition) is 4. The van der Waals surface area contributed by atoms with Gasteiger partial charge in [-0.05, 0) is 0 Å². The van der Waals surface area contributed by atoms with E-state index < -0.39 is 0 Å². The summed E-state index contributed by atoms with van der Waals surface area (Å²) in [5.41, 5.74) is 0. The Hall–Kier alpha value is 0.130. The summed E-state index contributed by atoms with van der Waals surface area (Å²) in [6.45, 7) is 5.99. The first-order chi connectivity index (χ1) is 6.42. The number of ether oxygens (including phenoxy) is 2. The van der Waals surface area contributed by atoms with E-state index in [0.29, 0.717) is 12.2 Å². The molecule has 3 fully saturated rings. The number of rotatable bonds is 1. The smallest absolute Gasteiger partial charge is 0.0940 e. The molecule has 2 atom stereocenters. The van der Waals surface area contributed by atoms with Crippen molar-refractivity contribution in [3.05, 3.63) is 0 Å². The van der Waals surface area contributed by atoms with Crippen LogP contribution in [0, 0.1) is 0 Å². The fraction of sp³-hybridized carbons (Fsp3) is 1.00. The second-order valence-electron chi connectivity index (χ2n) is 4.18. The molecule has 3 rings (SSSR count). The third kappa shape index (κ3) is 1.90. The molecule has 0 aromatic carbocycles. The lowest BCUT2D eigenvalue weighted by molar-refractivity contribution is -0.186. The van der Waals surface area contributed by atoms with E-state index >= 15 is 0 Å². The zero-order valence-corrected chi connectivity index (χ0v) is 8.96. The fourth-order valence-corrected chi connectivity index (χ4v) is 2.30. The van der Waals surface area contributed by atoms with Crippen molar-refractivity contribution in [2.24, 2.45) is 0 Å². The van der Waals surface area contributed by atoms with Crippen LogP contribution in [0.1, 0.15) is 0 Å². The summed E-state index contributed by atoms with van der Waals surface area (Å²) in [6.07, 6.45) is 0.654. The lowest BCUT2D eigenvalue weighted by Gasteiger charge is -2.47. The van der Waals surface area contributed by atoms with E-state index in [2.05, 4.69) is 10.2 Å². The summed E-state index contributed by atoms with van der Waals surface area (Å²) in [5.74, 6) is 0. The van der Waals surface area contributed by atoms with Gasteiger partial charge in [-0.3, -0.25) is 4.90 Å². The largest absolute Gasteiger partial charge is 0.376 e. The predicted octanol–water partition coefficient (Wildman–Crippen LogP) is -0.520. The highest BCUT2D eigenvalue weighted by molar-refractivity contribution is 5.85. The number of nitrogens with zero attached hydrogens (tertiary/aromatic N) is 1. The Balaban J connectivity index is 0.000000750. The molecule has 5 heteroatoms. The van der Waals surface area contributed by atoms with Gasteiger partial charge in [-0.25, -0.2) is 0 Å². The van der Waals surface area contributed by atoms with Gasteiger partial charge in [0.15, 0.2) is 0 Å². The maximum absolute atomic E-state index is 5.78. The van der Waals surface area contributed by atoms with Crippen molar-refractivity contribution in [2.75, 3.05) is 39.4 Å². The van der Waals surface area contributed by atoms with Crippen LogP contribution in [0.15, 0.2) is 0 Å². The van der Waals surface area contributed by atoms with E-state index in [-0.39, 0.29) is 12.4 Å². The standard InChI is InChI=1S/C9H16N2O2.ClH/c1-7(2-10-1)11-3-8-5-12-6-9(4-11)13-8;/h7-10H,1-6H2;1H. The quantitative estimate of drug-likeness (QED) is 0.645. The summed E-state index contributed by atoms with van der Waals surface area (Å²) in [6, 6.07) is 0.756. The fourth-order valence-electron chi connectivity index (χ4n) is 2.30. The molecule has 0 aromatic rings. The first-order valence-corrected chi connectivity index (χ1v) is 5.10. The molecular formula is C9H17ClN2O2. The summed E-state index contributed by atoms with van der Waals surface area (Å²) in [4.78, 5) is 2.55. The molecule has 0 saturated carbocycles. The van der Waals surface area contributed by atoms with Gasteiger partial charge in [-0.15, -0.1) is 12.4 Å². The van der Waals surface area contributed by atoms with Crippen molar-refractivity contribution in [3.63, 3.8) is 0 Å². The van der Waals surface area contributed by atoms with Crippen LogP contribution in [-0.4, -0.2) is 62.5 Å². The normalized spacial score (nSPS) is 38.6. The summed E-state index contributed by atoms with van der Waals surface area (Å²) in [5, 5.41) is 3.31. The first-order valence-electron chi connectivity index (χ1n) is 5.10. The minimum absolute atomic E-state index is 0. The average molecular weight is 221 g/mol. The van der Waals surface area contributed by atoms with Crippen molar-refractivity contribution < 1.29 is 9.47 Å². The molecule has 0 spiro atoms. The van der Waals surface area contributed by atoms with Gasteiger partial charge < -0.3 is 14.8 Å². The molecule has 14 heavy (non-hydrogen) atoms. The van der Waals surface area contributed by atoms with E-state index in [9.17, 15) is 0 Å². The lowest BCUT2D eigenvalue weighted by atomic mass is 10.1. The Kier molecular flexibility index (Phi) is 3.29. The van der Waals surface area contributed by atoms with E-state index in [1.165, 1.54) is 0 Å². The van der Waals surface area contributed by atoms with Crippen LogP contribution in [0.4, 0.5) is 0 Å². The van der Waals surface area contributed by atoms with Crippen LogP contribution >= 0.6 is 12.4 Å². The Morgan fingerprint density at radius 1 is 1.07 bits per heavy atom. The summed E-state index contributed by atoms with van der Waals surface area (Å²) in [7, 11) is 0.